The van der Waals surface area contributed by atoms with Crippen LogP contribution in [-0.4, -0.2) is 25.5 Å². The first kappa shape index (κ1) is 13.5. The molecule has 94 valence electrons. The van der Waals surface area contributed by atoms with Gasteiger partial charge in [-0.3, -0.25) is 4.79 Å². The lowest BCUT2D eigenvalue weighted by Gasteiger charge is -2.30. The molecular formula is C13H26N2O. The van der Waals surface area contributed by atoms with Crippen molar-refractivity contribution in [2.24, 2.45) is 11.8 Å². The van der Waals surface area contributed by atoms with Crippen LogP contribution >= 0.6 is 0 Å². The van der Waals surface area contributed by atoms with Gasteiger partial charge in [0.25, 0.3) is 0 Å². The summed E-state index contributed by atoms with van der Waals surface area (Å²) in [5.74, 6) is 1.68. The summed E-state index contributed by atoms with van der Waals surface area (Å²) in [5, 5.41) is 6.03. The molecule has 0 aromatic heterocycles. The third-order valence-corrected chi connectivity index (χ3v) is 3.59. The van der Waals surface area contributed by atoms with Crippen molar-refractivity contribution in [3.63, 3.8) is 0 Å². The fourth-order valence-electron chi connectivity index (χ4n) is 2.76. The molecule has 1 heterocycles. The first-order valence-electron chi connectivity index (χ1n) is 6.62. The van der Waals surface area contributed by atoms with Crippen molar-refractivity contribution in [2.75, 3.05) is 13.6 Å². The molecule has 0 aromatic rings. The topological polar surface area (TPSA) is 41.1 Å². The summed E-state index contributed by atoms with van der Waals surface area (Å²) >= 11 is 0. The molecule has 1 amide bonds. The van der Waals surface area contributed by atoms with Crippen LogP contribution in [0.4, 0.5) is 0 Å². The molecule has 0 aromatic carbocycles. The zero-order valence-corrected chi connectivity index (χ0v) is 10.9. The van der Waals surface area contributed by atoms with Crippen LogP contribution in [0.25, 0.3) is 0 Å². The highest BCUT2D eigenvalue weighted by Crippen LogP contribution is 2.25. The zero-order valence-electron chi connectivity index (χ0n) is 10.9. The molecule has 0 bridgehead atoms. The standard InChI is InChI=1S/C13H26N2O/c1-4-5-10(2)8-11-6-7-15-12(9-11)13(16)14-3/h10-12,15H,4-9H2,1-3H3,(H,14,16). The maximum absolute atomic E-state index is 11.6. The number of hydrogen-bond acceptors (Lipinski definition) is 2. The molecule has 3 nitrogen and oxygen atoms in total. The third kappa shape index (κ3) is 4.12. The van der Waals surface area contributed by atoms with Crippen molar-refractivity contribution in [1.29, 1.82) is 0 Å². The molecule has 1 aliphatic rings. The number of carbonyl (C=O) groups excluding carboxylic acids is 1. The molecular weight excluding hydrogens is 200 g/mol. The second kappa shape index (κ2) is 6.89. The van der Waals surface area contributed by atoms with E-state index < -0.39 is 0 Å². The van der Waals surface area contributed by atoms with E-state index in [2.05, 4.69) is 24.5 Å². The number of likely N-dealkylation sites (N-methyl/N-ethyl adjacent to an activating group) is 1. The third-order valence-electron chi connectivity index (χ3n) is 3.59. The summed E-state index contributed by atoms with van der Waals surface area (Å²) in [5.41, 5.74) is 0. The Balaban J connectivity index is 2.35. The highest BCUT2D eigenvalue weighted by atomic mass is 16.2. The highest BCUT2D eigenvalue weighted by molar-refractivity contribution is 5.81. The molecule has 1 saturated heterocycles. The van der Waals surface area contributed by atoms with Crippen molar-refractivity contribution < 1.29 is 4.79 Å². The Labute approximate surface area is 99.4 Å². The van der Waals surface area contributed by atoms with Crippen LogP contribution in [0.2, 0.25) is 0 Å². The Hall–Kier alpha value is -0.570. The van der Waals surface area contributed by atoms with Gasteiger partial charge in [-0.25, -0.2) is 0 Å². The van der Waals surface area contributed by atoms with E-state index in [1.165, 1.54) is 25.7 Å². The van der Waals surface area contributed by atoms with E-state index >= 15 is 0 Å². The summed E-state index contributed by atoms with van der Waals surface area (Å²) in [6.45, 7) is 5.56. The minimum Gasteiger partial charge on any atom is -0.358 e. The van der Waals surface area contributed by atoms with E-state index in [1.54, 1.807) is 7.05 Å². The molecule has 3 unspecified atom stereocenters. The Kier molecular flexibility index (Phi) is 5.81. The Morgan fingerprint density at radius 2 is 2.31 bits per heavy atom. The molecule has 0 spiro atoms. The van der Waals surface area contributed by atoms with Crippen LogP contribution in [-0.2, 0) is 4.79 Å². The van der Waals surface area contributed by atoms with Gasteiger partial charge < -0.3 is 10.6 Å². The van der Waals surface area contributed by atoms with Crippen LogP contribution in [0.1, 0.15) is 46.0 Å². The molecule has 0 radical (unpaired) electrons. The lowest BCUT2D eigenvalue weighted by Crippen LogP contribution is -2.48. The minimum absolute atomic E-state index is 0.0394. The van der Waals surface area contributed by atoms with Crippen LogP contribution in [0.5, 0.6) is 0 Å². The average molecular weight is 226 g/mol. The van der Waals surface area contributed by atoms with Gasteiger partial charge in [0.15, 0.2) is 0 Å². The number of hydrogen-bond donors (Lipinski definition) is 2. The fraction of sp³-hybridized carbons (Fsp3) is 0.923. The van der Waals surface area contributed by atoms with Gasteiger partial charge in [-0.15, -0.1) is 0 Å². The second-order valence-electron chi connectivity index (χ2n) is 5.14. The van der Waals surface area contributed by atoms with E-state index in [0.717, 1.165) is 24.8 Å². The molecule has 1 rings (SSSR count). The summed E-state index contributed by atoms with van der Waals surface area (Å²) in [4.78, 5) is 11.6. The minimum atomic E-state index is 0.0394. The highest BCUT2D eigenvalue weighted by Gasteiger charge is 2.26. The predicted molar refractivity (Wildman–Crippen MR) is 67.3 cm³/mol. The van der Waals surface area contributed by atoms with Crippen molar-refractivity contribution in [2.45, 2.75) is 52.0 Å². The van der Waals surface area contributed by atoms with Gasteiger partial charge in [-0.1, -0.05) is 26.7 Å². The summed E-state index contributed by atoms with van der Waals surface area (Å²) in [7, 11) is 1.72. The van der Waals surface area contributed by atoms with Crippen molar-refractivity contribution >= 4 is 5.91 Å². The summed E-state index contributed by atoms with van der Waals surface area (Å²) in [6, 6.07) is 0.0394. The van der Waals surface area contributed by atoms with E-state index in [0.29, 0.717) is 0 Å². The number of rotatable bonds is 5. The Morgan fingerprint density at radius 3 is 2.94 bits per heavy atom. The van der Waals surface area contributed by atoms with Gasteiger partial charge in [-0.05, 0) is 37.6 Å². The van der Waals surface area contributed by atoms with Crippen LogP contribution in [0.3, 0.4) is 0 Å². The van der Waals surface area contributed by atoms with Crippen LogP contribution < -0.4 is 10.6 Å². The van der Waals surface area contributed by atoms with Gasteiger partial charge in [0.05, 0.1) is 6.04 Å². The van der Waals surface area contributed by atoms with Gasteiger partial charge in [0.1, 0.15) is 0 Å². The lowest BCUT2D eigenvalue weighted by atomic mass is 9.84. The van der Waals surface area contributed by atoms with Crippen molar-refractivity contribution in [1.82, 2.24) is 10.6 Å². The monoisotopic (exact) mass is 226 g/mol. The van der Waals surface area contributed by atoms with Gasteiger partial charge in [-0.2, -0.15) is 0 Å². The maximum Gasteiger partial charge on any atom is 0.236 e. The number of carbonyl (C=O) groups is 1. The smallest absolute Gasteiger partial charge is 0.236 e. The summed E-state index contributed by atoms with van der Waals surface area (Å²) in [6.07, 6.45) is 6.10. The first-order chi connectivity index (χ1) is 7.67. The average Bonchev–Trinajstić information content (AvgIpc) is 2.28. The number of amides is 1. The Bertz CT molecular complexity index is 218. The van der Waals surface area contributed by atoms with Gasteiger partial charge >= 0.3 is 0 Å². The number of piperidine rings is 1. The van der Waals surface area contributed by atoms with Crippen LogP contribution in [0.15, 0.2) is 0 Å². The zero-order chi connectivity index (χ0) is 12.0. The molecule has 0 saturated carbocycles. The van der Waals surface area contributed by atoms with E-state index in [9.17, 15) is 4.79 Å². The molecule has 1 aliphatic heterocycles. The van der Waals surface area contributed by atoms with Gasteiger partial charge in [0.2, 0.25) is 5.91 Å². The second-order valence-corrected chi connectivity index (χ2v) is 5.14. The normalized spacial score (nSPS) is 27.4. The Morgan fingerprint density at radius 1 is 1.56 bits per heavy atom. The number of nitrogens with one attached hydrogen (secondary N) is 2. The first-order valence-corrected chi connectivity index (χ1v) is 6.62. The van der Waals surface area contributed by atoms with Gasteiger partial charge in [0, 0.05) is 7.05 Å². The quantitative estimate of drug-likeness (QED) is 0.752. The molecule has 3 atom stereocenters. The largest absolute Gasteiger partial charge is 0.358 e. The molecule has 2 N–H and O–H groups in total. The fourth-order valence-corrected chi connectivity index (χ4v) is 2.76. The van der Waals surface area contributed by atoms with E-state index in [4.69, 9.17) is 0 Å². The predicted octanol–water partition coefficient (Wildman–Crippen LogP) is 1.93. The lowest BCUT2D eigenvalue weighted by molar-refractivity contribution is -0.123. The molecule has 3 heteroatoms. The SMILES string of the molecule is CCCC(C)CC1CCNC(C(=O)NC)C1. The molecule has 1 fully saturated rings. The maximum atomic E-state index is 11.6. The summed E-state index contributed by atoms with van der Waals surface area (Å²) < 4.78 is 0. The molecule has 0 aliphatic carbocycles. The van der Waals surface area contributed by atoms with Crippen molar-refractivity contribution in [3.05, 3.63) is 0 Å². The van der Waals surface area contributed by atoms with Crippen LogP contribution in [0, 0.1) is 11.8 Å². The van der Waals surface area contributed by atoms with E-state index in [1.807, 2.05) is 0 Å². The van der Waals surface area contributed by atoms with E-state index in [-0.39, 0.29) is 11.9 Å². The molecule has 16 heavy (non-hydrogen) atoms. The van der Waals surface area contributed by atoms with Crippen molar-refractivity contribution in [3.8, 4) is 0 Å².